The second kappa shape index (κ2) is 7.77. The monoisotopic (exact) mass is 308 g/mol. The summed E-state index contributed by atoms with van der Waals surface area (Å²) in [5, 5.41) is 14.6. The normalized spacial score (nSPS) is 21.1. The van der Waals surface area contributed by atoms with Crippen molar-refractivity contribution in [2.75, 3.05) is 19.7 Å². The number of rotatable bonds is 6. The number of nitrogens with one attached hydrogen (secondary N) is 2. The predicted molar refractivity (Wildman–Crippen MR) is 78.2 cm³/mol. The minimum Gasteiger partial charge on any atom is -0.481 e. The van der Waals surface area contributed by atoms with Gasteiger partial charge in [0.15, 0.2) is 5.72 Å². The number of amides is 1. The Hall–Kier alpha value is -2.12. The van der Waals surface area contributed by atoms with E-state index in [1.54, 1.807) is 0 Å². The van der Waals surface area contributed by atoms with Crippen LogP contribution in [0.5, 0.6) is 0 Å². The summed E-state index contributed by atoms with van der Waals surface area (Å²) in [5.41, 5.74) is -0.162. The molecule has 1 aliphatic rings. The Labute approximate surface area is 128 Å². The van der Waals surface area contributed by atoms with E-state index in [2.05, 4.69) is 10.6 Å². The third-order valence-corrected chi connectivity index (χ3v) is 3.35. The topological polar surface area (TPSA) is 96.9 Å². The molecule has 1 aliphatic heterocycles. The molecule has 0 saturated carbocycles. The Morgan fingerprint density at radius 1 is 1.36 bits per heavy atom. The summed E-state index contributed by atoms with van der Waals surface area (Å²) < 4.78 is 10.8. The van der Waals surface area contributed by atoms with Crippen LogP contribution in [0.25, 0.3) is 0 Å². The average molecular weight is 308 g/mol. The first-order chi connectivity index (χ1) is 10.6. The molecule has 0 unspecified atom stereocenters. The maximum absolute atomic E-state index is 11.9. The molecule has 0 radical (unpaired) electrons. The highest BCUT2D eigenvalue weighted by molar-refractivity contribution is 5.69. The van der Waals surface area contributed by atoms with Gasteiger partial charge in [0.2, 0.25) is 0 Å². The van der Waals surface area contributed by atoms with Crippen molar-refractivity contribution < 1.29 is 24.2 Å². The van der Waals surface area contributed by atoms with Crippen LogP contribution < -0.4 is 10.6 Å². The average Bonchev–Trinajstić information content (AvgIpc) is 2.53. The Balaban J connectivity index is 1.88. The second-order valence-corrected chi connectivity index (χ2v) is 5.10. The molecule has 120 valence electrons. The third kappa shape index (κ3) is 5.01. The number of hydrogen-bond donors (Lipinski definition) is 3. The van der Waals surface area contributed by atoms with Crippen molar-refractivity contribution in [3.63, 3.8) is 0 Å². The third-order valence-electron chi connectivity index (χ3n) is 3.35. The number of hydrogen-bond acceptors (Lipinski definition) is 5. The summed E-state index contributed by atoms with van der Waals surface area (Å²) in [7, 11) is 0. The minimum absolute atomic E-state index is 0.0966. The van der Waals surface area contributed by atoms with E-state index in [1.807, 2.05) is 30.3 Å². The minimum atomic E-state index is -1.04. The molecule has 1 fully saturated rings. The summed E-state index contributed by atoms with van der Waals surface area (Å²) in [6, 6.07) is 9.31. The molecular weight excluding hydrogens is 288 g/mol. The van der Waals surface area contributed by atoms with Crippen LogP contribution in [-0.2, 0) is 20.9 Å². The van der Waals surface area contributed by atoms with Crippen LogP contribution in [-0.4, -0.2) is 42.6 Å². The molecule has 7 heteroatoms. The molecule has 0 aliphatic carbocycles. The molecular formula is C15H20N2O5. The molecule has 1 aromatic carbocycles. The van der Waals surface area contributed by atoms with E-state index in [-0.39, 0.29) is 19.4 Å². The standard InChI is InChI=1S/C15H20N2O5/c18-13(19)6-7-15(11-16-8-9-22-15)17-14(20)21-10-12-4-2-1-3-5-12/h1-5,16H,6-11H2,(H,17,20)(H,18,19)/t15-/m0/s1. The summed E-state index contributed by atoms with van der Waals surface area (Å²) in [5.74, 6) is -0.937. The summed E-state index contributed by atoms with van der Waals surface area (Å²) in [6.45, 7) is 1.56. The molecule has 0 bridgehead atoms. The van der Waals surface area contributed by atoms with Crippen LogP contribution in [0.4, 0.5) is 4.79 Å². The number of ether oxygens (including phenoxy) is 2. The van der Waals surface area contributed by atoms with Gasteiger partial charge in [-0.3, -0.25) is 10.1 Å². The predicted octanol–water partition coefficient (Wildman–Crippen LogP) is 1.09. The summed E-state index contributed by atoms with van der Waals surface area (Å²) in [6.07, 6.45) is -0.547. The largest absolute Gasteiger partial charge is 0.481 e. The molecule has 0 spiro atoms. The molecule has 0 aromatic heterocycles. The van der Waals surface area contributed by atoms with Gasteiger partial charge in [0.05, 0.1) is 6.61 Å². The number of carboxylic acids is 1. The van der Waals surface area contributed by atoms with Crippen LogP contribution in [0.15, 0.2) is 30.3 Å². The van der Waals surface area contributed by atoms with Crippen LogP contribution >= 0.6 is 0 Å². The van der Waals surface area contributed by atoms with E-state index in [4.69, 9.17) is 14.6 Å². The van der Waals surface area contributed by atoms with Gasteiger partial charge in [0.25, 0.3) is 0 Å². The molecule has 7 nitrogen and oxygen atoms in total. The first-order valence-corrected chi connectivity index (χ1v) is 7.15. The van der Waals surface area contributed by atoms with Crippen molar-refractivity contribution in [3.8, 4) is 0 Å². The van der Waals surface area contributed by atoms with Crippen LogP contribution in [0.1, 0.15) is 18.4 Å². The Kier molecular flexibility index (Phi) is 5.74. The van der Waals surface area contributed by atoms with Gasteiger partial charge in [-0.25, -0.2) is 4.79 Å². The lowest BCUT2D eigenvalue weighted by molar-refractivity contribution is -0.141. The number of morpholine rings is 1. The molecule has 1 aromatic rings. The van der Waals surface area contributed by atoms with Crippen molar-refractivity contribution in [2.24, 2.45) is 0 Å². The molecule has 1 saturated heterocycles. The Morgan fingerprint density at radius 3 is 2.77 bits per heavy atom. The highest BCUT2D eigenvalue weighted by Crippen LogP contribution is 2.17. The maximum atomic E-state index is 11.9. The van der Waals surface area contributed by atoms with Crippen molar-refractivity contribution in [1.29, 1.82) is 0 Å². The molecule has 1 atom stereocenters. The van der Waals surface area contributed by atoms with Gasteiger partial charge in [0.1, 0.15) is 6.61 Å². The first kappa shape index (κ1) is 16.3. The lowest BCUT2D eigenvalue weighted by Gasteiger charge is -2.37. The highest BCUT2D eigenvalue weighted by atomic mass is 16.6. The van der Waals surface area contributed by atoms with Crippen LogP contribution in [0.3, 0.4) is 0 Å². The van der Waals surface area contributed by atoms with Gasteiger partial charge >= 0.3 is 12.1 Å². The molecule has 3 N–H and O–H groups in total. The summed E-state index contributed by atoms with van der Waals surface area (Å²) >= 11 is 0. The van der Waals surface area contributed by atoms with E-state index in [0.717, 1.165) is 5.56 Å². The number of aliphatic carboxylic acids is 1. The zero-order valence-electron chi connectivity index (χ0n) is 12.2. The van der Waals surface area contributed by atoms with Gasteiger partial charge in [-0.2, -0.15) is 0 Å². The molecule has 22 heavy (non-hydrogen) atoms. The number of carbonyl (C=O) groups excluding carboxylic acids is 1. The smallest absolute Gasteiger partial charge is 0.409 e. The lowest BCUT2D eigenvalue weighted by Crippen LogP contribution is -2.60. The zero-order valence-corrected chi connectivity index (χ0v) is 12.2. The second-order valence-electron chi connectivity index (χ2n) is 5.10. The SMILES string of the molecule is O=C(O)CC[C@@]1(NC(=O)OCc2ccccc2)CNCCO1. The van der Waals surface area contributed by atoms with Crippen LogP contribution in [0.2, 0.25) is 0 Å². The molecule has 1 amide bonds. The van der Waals surface area contributed by atoms with Crippen molar-refractivity contribution in [3.05, 3.63) is 35.9 Å². The van der Waals surface area contributed by atoms with E-state index in [9.17, 15) is 9.59 Å². The summed E-state index contributed by atoms with van der Waals surface area (Å²) in [4.78, 5) is 22.7. The first-order valence-electron chi connectivity index (χ1n) is 7.15. The highest BCUT2D eigenvalue weighted by Gasteiger charge is 2.36. The number of benzene rings is 1. The van der Waals surface area contributed by atoms with Gasteiger partial charge in [-0.1, -0.05) is 30.3 Å². The number of carbonyl (C=O) groups is 2. The van der Waals surface area contributed by atoms with Crippen molar-refractivity contribution in [2.45, 2.75) is 25.2 Å². The van der Waals surface area contributed by atoms with E-state index in [0.29, 0.717) is 19.7 Å². The van der Waals surface area contributed by atoms with E-state index >= 15 is 0 Å². The number of alkyl carbamates (subject to hydrolysis) is 1. The van der Waals surface area contributed by atoms with Gasteiger partial charge in [-0.15, -0.1) is 0 Å². The van der Waals surface area contributed by atoms with Gasteiger partial charge < -0.3 is 19.9 Å². The molecule has 1 heterocycles. The Morgan fingerprint density at radius 2 is 2.14 bits per heavy atom. The maximum Gasteiger partial charge on any atom is 0.409 e. The van der Waals surface area contributed by atoms with Crippen LogP contribution in [0, 0.1) is 0 Å². The van der Waals surface area contributed by atoms with Gasteiger partial charge in [-0.05, 0) is 5.56 Å². The fourth-order valence-corrected chi connectivity index (χ4v) is 2.22. The lowest BCUT2D eigenvalue weighted by atomic mass is 10.1. The Bertz CT molecular complexity index is 500. The molecule has 2 rings (SSSR count). The fraction of sp³-hybridized carbons (Fsp3) is 0.467. The van der Waals surface area contributed by atoms with E-state index < -0.39 is 17.8 Å². The van der Waals surface area contributed by atoms with Gasteiger partial charge in [0, 0.05) is 25.9 Å². The quantitative estimate of drug-likeness (QED) is 0.728. The van der Waals surface area contributed by atoms with Crippen molar-refractivity contribution >= 4 is 12.1 Å². The van der Waals surface area contributed by atoms with Crippen molar-refractivity contribution in [1.82, 2.24) is 10.6 Å². The zero-order chi connectivity index (χ0) is 15.8. The fourth-order valence-electron chi connectivity index (χ4n) is 2.22. The van der Waals surface area contributed by atoms with E-state index in [1.165, 1.54) is 0 Å². The number of carboxylic acid groups (broad SMARTS) is 1.